The summed E-state index contributed by atoms with van der Waals surface area (Å²) >= 11 is 1.73. The van der Waals surface area contributed by atoms with Crippen molar-refractivity contribution in [1.82, 2.24) is 10.5 Å². The summed E-state index contributed by atoms with van der Waals surface area (Å²) in [5, 5.41) is 8.98. The van der Waals surface area contributed by atoms with Crippen LogP contribution in [-0.4, -0.2) is 17.1 Å². The highest BCUT2D eigenvalue weighted by Crippen LogP contribution is 2.37. The minimum atomic E-state index is -0.127. The van der Waals surface area contributed by atoms with Crippen molar-refractivity contribution in [3.05, 3.63) is 27.6 Å². The molecule has 1 atom stereocenters. The van der Waals surface area contributed by atoms with Crippen molar-refractivity contribution in [2.75, 3.05) is 0 Å². The molecule has 0 bridgehead atoms. The third-order valence-corrected chi connectivity index (χ3v) is 4.57. The van der Waals surface area contributed by atoms with Gasteiger partial charge in [-0.15, -0.1) is 11.3 Å². The van der Waals surface area contributed by atoms with Crippen molar-refractivity contribution in [1.29, 1.82) is 0 Å². The molecule has 19 heavy (non-hydrogen) atoms. The van der Waals surface area contributed by atoms with Gasteiger partial charge in [-0.3, -0.25) is 4.79 Å². The van der Waals surface area contributed by atoms with Crippen LogP contribution in [-0.2, 0) is 12.8 Å². The second-order valence-corrected chi connectivity index (χ2v) is 5.88. The molecule has 1 unspecified atom stereocenters. The van der Waals surface area contributed by atoms with Gasteiger partial charge >= 0.3 is 0 Å². The fraction of sp³-hybridized carbons (Fsp3) is 0.429. The number of rotatable bonds is 3. The summed E-state index contributed by atoms with van der Waals surface area (Å²) in [6.07, 6.45) is 2.70. The molecular weight excluding hydrogens is 260 g/mol. The number of aryl methyl sites for hydroxylation is 1. The van der Waals surface area contributed by atoms with Gasteiger partial charge in [0.05, 0.1) is 0 Å². The second kappa shape index (κ2) is 4.81. The van der Waals surface area contributed by atoms with Crippen LogP contribution in [0.5, 0.6) is 0 Å². The Morgan fingerprint density at radius 3 is 3.21 bits per heavy atom. The van der Waals surface area contributed by atoms with Crippen molar-refractivity contribution >= 4 is 17.2 Å². The first kappa shape index (κ1) is 12.4. The van der Waals surface area contributed by atoms with E-state index in [-0.39, 0.29) is 11.9 Å². The van der Waals surface area contributed by atoms with E-state index in [9.17, 15) is 4.79 Å². The molecule has 2 aromatic heterocycles. The zero-order valence-electron chi connectivity index (χ0n) is 11.0. The molecule has 0 spiro atoms. The van der Waals surface area contributed by atoms with E-state index in [0.29, 0.717) is 5.69 Å². The summed E-state index contributed by atoms with van der Waals surface area (Å²) in [7, 11) is 0. The predicted molar refractivity (Wildman–Crippen MR) is 74.4 cm³/mol. The van der Waals surface area contributed by atoms with E-state index in [4.69, 9.17) is 4.52 Å². The van der Waals surface area contributed by atoms with Gasteiger partial charge < -0.3 is 9.84 Å². The van der Waals surface area contributed by atoms with E-state index >= 15 is 0 Å². The van der Waals surface area contributed by atoms with Gasteiger partial charge in [-0.25, -0.2) is 0 Å². The van der Waals surface area contributed by atoms with Gasteiger partial charge in [0.25, 0.3) is 5.91 Å². The molecule has 0 radical (unpaired) electrons. The number of amides is 1. The number of carbonyl (C=O) groups excluding carboxylic acids is 1. The van der Waals surface area contributed by atoms with Crippen LogP contribution in [0.2, 0.25) is 0 Å². The van der Waals surface area contributed by atoms with Gasteiger partial charge in [0.2, 0.25) is 0 Å². The zero-order valence-corrected chi connectivity index (χ0v) is 11.8. The lowest BCUT2D eigenvalue weighted by Crippen LogP contribution is -2.32. The Balaban J connectivity index is 1.93. The standard InChI is InChI=1S/C14H16N2O2S/c1-3-8(2)15-14(17)12-10-4-5-11-9(6-7-19-11)13(10)18-16-12/h6-8H,3-5H2,1-2H3,(H,15,17). The van der Waals surface area contributed by atoms with Crippen LogP contribution in [0, 0.1) is 0 Å². The van der Waals surface area contributed by atoms with E-state index in [1.165, 1.54) is 4.88 Å². The molecule has 1 aliphatic carbocycles. The Bertz CT molecular complexity index is 615. The van der Waals surface area contributed by atoms with Crippen molar-refractivity contribution in [3.63, 3.8) is 0 Å². The highest BCUT2D eigenvalue weighted by atomic mass is 32.1. The Hall–Kier alpha value is -1.62. The molecular formula is C14H16N2O2S. The number of nitrogens with one attached hydrogen (secondary N) is 1. The summed E-state index contributed by atoms with van der Waals surface area (Å²) < 4.78 is 5.40. The summed E-state index contributed by atoms with van der Waals surface area (Å²) in [5.74, 6) is 0.648. The van der Waals surface area contributed by atoms with Crippen molar-refractivity contribution in [3.8, 4) is 11.3 Å². The van der Waals surface area contributed by atoms with Gasteiger partial charge in [-0.1, -0.05) is 12.1 Å². The molecule has 2 heterocycles. The Kier molecular flexibility index (Phi) is 3.14. The minimum absolute atomic E-state index is 0.127. The molecule has 0 aromatic carbocycles. The zero-order chi connectivity index (χ0) is 13.4. The lowest BCUT2D eigenvalue weighted by Gasteiger charge is -2.12. The highest BCUT2D eigenvalue weighted by Gasteiger charge is 2.28. The SMILES string of the molecule is CCC(C)NC(=O)c1noc2c1CCc1sccc1-2. The summed E-state index contributed by atoms with van der Waals surface area (Å²) in [6, 6.07) is 2.19. The van der Waals surface area contributed by atoms with Gasteiger partial charge in [0.1, 0.15) is 0 Å². The molecule has 100 valence electrons. The maximum Gasteiger partial charge on any atom is 0.273 e. The van der Waals surface area contributed by atoms with E-state index < -0.39 is 0 Å². The highest BCUT2D eigenvalue weighted by molar-refractivity contribution is 7.10. The number of hydrogen-bond donors (Lipinski definition) is 1. The molecule has 0 fully saturated rings. The van der Waals surface area contributed by atoms with Crippen LogP contribution in [0.3, 0.4) is 0 Å². The summed E-state index contributed by atoms with van der Waals surface area (Å²) in [5.41, 5.74) is 2.50. The van der Waals surface area contributed by atoms with Crippen molar-refractivity contribution in [2.45, 2.75) is 39.2 Å². The average molecular weight is 276 g/mol. The number of aromatic nitrogens is 1. The fourth-order valence-electron chi connectivity index (χ4n) is 2.30. The fourth-order valence-corrected chi connectivity index (χ4v) is 3.18. The van der Waals surface area contributed by atoms with Gasteiger partial charge in [0.15, 0.2) is 11.5 Å². The molecule has 2 aromatic rings. The van der Waals surface area contributed by atoms with E-state index in [1.807, 2.05) is 19.9 Å². The number of hydrogen-bond acceptors (Lipinski definition) is 4. The van der Waals surface area contributed by atoms with Crippen molar-refractivity contribution < 1.29 is 9.32 Å². The van der Waals surface area contributed by atoms with Crippen LogP contribution >= 0.6 is 11.3 Å². The van der Waals surface area contributed by atoms with E-state index in [2.05, 4.69) is 15.9 Å². The number of carbonyl (C=O) groups is 1. The molecule has 1 aliphatic rings. The summed E-state index contributed by atoms with van der Waals surface area (Å²) in [4.78, 5) is 13.5. The third-order valence-electron chi connectivity index (χ3n) is 3.59. The van der Waals surface area contributed by atoms with Crippen LogP contribution in [0.4, 0.5) is 0 Å². The molecule has 3 rings (SSSR count). The van der Waals surface area contributed by atoms with Gasteiger partial charge in [-0.05, 0) is 37.6 Å². The average Bonchev–Trinajstić information content (AvgIpc) is 3.03. The maximum absolute atomic E-state index is 12.2. The van der Waals surface area contributed by atoms with Crippen LogP contribution in [0.1, 0.15) is 41.2 Å². The van der Waals surface area contributed by atoms with Gasteiger partial charge in [-0.2, -0.15) is 0 Å². The molecule has 4 nitrogen and oxygen atoms in total. The number of fused-ring (bicyclic) bond motifs is 3. The smallest absolute Gasteiger partial charge is 0.273 e. The summed E-state index contributed by atoms with van der Waals surface area (Å²) in [6.45, 7) is 4.03. The first-order valence-corrected chi connectivity index (χ1v) is 7.44. The Labute approximate surface area is 115 Å². The Morgan fingerprint density at radius 1 is 1.58 bits per heavy atom. The Morgan fingerprint density at radius 2 is 2.42 bits per heavy atom. The lowest BCUT2D eigenvalue weighted by molar-refractivity contribution is 0.0929. The predicted octanol–water partition coefficient (Wildman–Crippen LogP) is 3.03. The molecule has 5 heteroatoms. The van der Waals surface area contributed by atoms with E-state index in [0.717, 1.165) is 36.1 Å². The molecule has 1 N–H and O–H groups in total. The number of nitrogens with zero attached hydrogens (tertiary/aromatic N) is 1. The van der Waals surface area contributed by atoms with Gasteiger partial charge in [0, 0.05) is 22.0 Å². The second-order valence-electron chi connectivity index (χ2n) is 4.88. The molecule has 0 aliphatic heterocycles. The monoisotopic (exact) mass is 276 g/mol. The maximum atomic E-state index is 12.2. The van der Waals surface area contributed by atoms with Crippen LogP contribution in [0.25, 0.3) is 11.3 Å². The van der Waals surface area contributed by atoms with Crippen LogP contribution < -0.4 is 5.32 Å². The quantitative estimate of drug-likeness (QED) is 0.937. The van der Waals surface area contributed by atoms with Crippen molar-refractivity contribution in [2.24, 2.45) is 0 Å². The first-order valence-electron chi connectivity index (χ1n) is 6.56. The topological polar surface area (TPSA) is 55.1 Å². The number of thiophene rings is 1. The first-order chi connectivity index (χ1) is 9.20. The molecule has 0 saturated heterocycles. The van der Waals surface area contributed by atoms with Crippen LogP contribution in [0.15, 0.2) is 16.0 Å². The molecule has 1 amide bonds. The lowest BCUT2D eigenvalue weighted by atomic mass is 9.95. The largest absolute Gasteiger partial charge is 0.355 e. The van der Waals surface area contributed by atoms with E-state index in [1.54, 1.807) is 11.3 Å². The third kappa shape index (κ3) is 2.08. The normalized spacial score (nSPS) is 14.6. The molecule has 0 saturated carbocycles. The minimum Gasteiger partial charge on any atom is -0.355 e.